The highest BCUT2D eigenvalue weighted by Crippen LogP contribution is 2.28. The number of anilines is 2. The van der Waals surface area contributed by atoms with Crippen molar-refractivity contribution >= 4 is 17.3 Å². The number of halogens is 1. The first-order valence-electron chi connectivity index (χ1n) is 11.9. The van der Waals surface area contributed by atoms with Crippen molar-refractivity contribution < 1.29 is 9.18 Å². The molecule has 33 heavy (non-hydrogen) atoms. The fourth-order valence-corrected chi connectivity index (χ4v) is 4.85. The van der Waals surface area contributed by atoms with E-state index in [-0.39, 0.29) is 11.7 Å². The summed E-state index contributed by atoms with van der Waals surface area (Å²) in [6, 6.07) is 14.3. The predicted molar refractivity (Wildman–Crippen MR) is 129 cm³/mol. The van der Waals surface area contributed by atoms with E-state index in [1.807, 2.05) is 16.8 Å². The minimum absolute atomic E-state index is 0.196. The lowest BCUT2D eigenvalue weighted by Gasteiger charge is -2.35. The van der Waals surface area contributed by atoms with E-state index in [2.05, 4.69) is 39.3 Å². The van der Waals surface area contributed by atoms with Gasteiger partial charge in [0.2, 0.25) is 0 Å². The van der Waals surface area contributed by atoms with Gasteiger partial charge in [-0.1, -0.05) is 6.92 Å². The minimum atomic E-state index is -0.284. The first-order valence-corrected chi connectivity index (χ1v) is 11.9. The summed E-state index contributed by atoms with van der Waals surface area (Å²) < 4.78 is 15.2. The van der Waals surface area contributed by atoms with Gasteiger partial charge in [0.25, 0.3) is 5.91 Å². The number of amides is 1. The first kappa shape index (κ1) is 21.6. The summed E-state index contributed by atoms with van der Waals surface area (Å²) in [5.74, 6) is -0.480. The van der Waals surface area contributed by atoms with E-state index in [0.29, 0.717) is 5.69 Å². The maximum atomic E-state index is 13.4. The average molecular weight is 448 g/mol. The van der Waals surface area contributed by atoms with Gasteiger partial charge in [-0.2, -0.15) is 5.10 Å². The quantitative estimate of drug-likeness (QED) is 0.634. The molecule has 2 aromatic carbocycles. The molecule has 0 unspecified atom stereocenters. The zero-order valence-corrected chi connectivity index (χ0v) is 19.1. The second-order valence-electron chi connectivity index (χ2n) is 8.79. The third-order valence-electron chi connectivity index (χ3n) is 6.78. The van der Waals surface area contributed by atoms with Gasteiger partial charge in [-0.15, -0.1) is 0 Å². The van der Waals surface area contributed by atoms with Gasteiger partial charge >= 0.3 is 0 Å². The number of aromatic nitrogens is 2. The van der Waals surface area contributed by atoms with Crippen LogP contribution in [0.25, 0.3) is 5.69 Å². The van der Waals surface area contributed by atoms with E-state index in [0.717, 1.165) is 81.0 Å². The molecule has 0 bridgehead atoms. The van der Waals surface area contributed by atoms with Gasteiger partial charge in [0.05, 0.1) is 5.69 Å². The summed E-state index contributed by atoms with van der Waals surface area (Å²) in [7, 11) is 0. The van der Waals surface area contributed by atoms with E-state index in [1.165, 1.54) is 17.8 Å². The lowest BCUT2D eigenvalue weighted by Crippen LogP contribution is -2.46. The van der Waals surface area contributed by atoms with Crippen LogP contribution < -0.4 is 10.2 Å². The maximum Gasteiger partial charge on any atom is 0.276 e. The Kier molecular flexibility index (Phi) is 6.13. The highest BCUT2D eigenvalue weighted by molar-refractivity contribution is 6.04. The van der Waals surface area contributed by atoms with Gasteiger partial charge < -0.3 is 15.1 Å². The number of benzene rings is 2. The number of hydrogen-bond donors (Lipinski definition) is 1. The SMILES string of the molecule is CCN1CCN(c2ccc(NC(=O)c3nn(-c4ccc(F)cc4)c4c3CCCC4)cc2)CC1. The molecule has 6 nitrogen and oxygen atoms in total. The summed E-state index contributed by atoms with van der Waals surface area (Å²) >= 11 is 0. The van der Waals surface area contributed by atoms with E-state index < -0.39 is 0 Å². The molecule has 0 radical (unpaired) electrons. The van der Waals surface area contributed by atoms with Crippen LogP contribution in [0.2, 0.25) is 0 Å². The lowest BCUT2D eigenvalue weighted by atomic mass is 9.95. The Bertz CT molecular complexity index is 1110. The van der Waals surface area contributed by atoms with Crippen LogP contribution in [-0.4, -0.2) is 53.3 Å². The van der Waals surface area contributed by atoms with Crippen LogP contribution in [0.5, 0.6) is 0 Å². The Hall–Kier alpha value is -3.19. The van der Waals surface area contributed by atoms with Crippen LogP contribution in [0.1, 0.15) is 41.5 Å². The van der Waals surface area contributed by atoms with Gasteiger partial charge in [0.1, 0.15) is 5.82 Å². The van der Waals surface area contributed by atoms with E-state index in [4.69, 9.17) is 0 Å². The summed E-state index contributed by atoms with van der Waals surface area (Å²) in [6.45, 7) is 7.50. The van der Waals surface area contributed by atoms with Gasteiger partial charge in [0, 0.05) is 48.8 Å². The topological polar surface area (TPSA) is 53.4 Å². The number of piperazine rings is 1. The summed E-state index contributed by atoms with van der Waals surface area (Å²) in [6.07, 6.45) is 3.81. The van der Waals surface area contributed by atoms with Crippen LogP contribution in [0, 0.1) is 5.82 Å². The molecule has 172 valence electrons. The van der Waals surface area contributed by atoms with Crippen LogP contribution >= 0.6 is 0 Å². The van der Waals surface area contributed by atoms with Crippen LogP contribution in [-0.2, 0) is 12.8 Å². The number of likely N-dealkylation sites (N-methyl/N-ethyl adjacent to an activating group) is 1. The number of fused-ring (bicyclic) bond motifs is 1. The molecular weight excluding hydrogens is 417 g/mol. The molecular formula is C26H30FN5O. The van der Waals surface area contributed by atoms with Crippen molar-refractivity contribution in [1.29, 1.82) is 0 Å². The Morgan fingerprint density at radius 2 is 1.61 bits per heavy atom. The van der Waals surface area contributed by atoms with Crippen molar-refractivity contribution in [3.8, 4) is 5.69 Å². The molecule has 3 aromatic rings. The summed E-state index contributed by atoms with van der Waals surface area (Å²) in [5, 5.41) is 7.69. The average Bonchev–Trinajstić information content (AvgIpc) is 3.25. The smallest absolute Gasteiger partial charge is 0.276 e. The molecule has 1 saturated heterocycles. The Morgan fingerprint density at radius 3 is 2.30 bits per heavy atom. The van der Waals surface area contributed by atoms with Crippen LogP contribution in [0.4, 0.5) is 15.8 Å². The first-order chi connectivity index (χ1) is 16.1. The second-order valence-corrected chi connectivity index (χ2v) is 8.79. The standard InChI is InChI=1S/C26H30FN5O/c1-2-30-15-17-31(18-16-30)21-13-9-20(10-14-21)28-26(33)25-23-5-3-4-6-24(23)32(29-25)22-11-7-19(27)8-12-22/h7-14H,2-6,15-18H2,1H3,(H,28,33). The number of nitrogens with zero attached hydrogens (tertiary/aromatic N) is 4. The second kappa shape index (κ2) is 9.35. The molecule has 0 spiro atoms. The van der Waals surface area contributed by atoms with Crippen LogP contribution in [0.15, 0.2) is 48.5 Å². The molecule has 1 amide bonds. The highest BCUT2D eigenvalue weighted by Gasteiger charge is 2.26. The van der Waals surface area contributed by atoms with Gasteiger partial charge in [-0.3, -0.25) is 4.79 Å². The summed E-state index contributed by atoms with van der Waals surface area (Å²) in [4.78, 5) is 18.0. The molecule has 0 atom stereocenters. The molecule has 1 fully saturated rings. The van der Waals surface area contributed by atoms with Crippen molar-refractivity contribution in [3.05, 3.63) is 71.3 Å². The molecule has 1 aliphatic carbocycles. The van der Waals surface area contributed by atoms with Gasteiger partial charge in [0.15, 0.2) is 5.69 Å². The third-order valence-corrected chi connectivity index (χ3v) is 6.78. The third kappa shape index (κ3) is 4.50. The molecule has 5 rings (SSSR count). The largest absolute Gasteiger partial charge is 0.369 e. The predicted octanol–water partition coefficient (Wildman–Crippen LogP) is 4.28. The number of hydrogen-bond acceptors (Lipinski definition) is 4. The van der Waals surface area contributed by atoms with Crippen molar-refractivity contribution in [2.75, 3.05) is 42.9 Å². The van der Waals surface area contributed by atoms with Crippen molar-refractivity contribution in [2.45, 2.75) is 32.6 Å². The van der Waals surface area contributed by atoms with E-state index in [9.17, 15) is 9.18 Å². The van der Waals surface area contributed by atoms with E-state index >= 15 is 0 Å². The zero-order valence-electron chi connectivity index (χ0n) is 19.1. The Labute approximate surface area is 194 Å². The monoisotopic (exact) mass is 447 g/mol. The maximum absolute atomic E-state index is 13.4. The molecule has 0 saturated carbocycles. The van der Waals surface area contributed by atoms with Gasteiger partial charge in [-0.25, -0.2) is 9.07 Å². The van der Waals surface area contributed by atoms with Crippen LogP contribution in [0.3, 0.4) is 0 Å². The number of rotatable bonds is 5. The van der Waals surface area contributed by atoms with Crippen molar-refractivity contribution in [2.24, 2.45) is 0 Å². The zero-order chi connectivity index (χ0) is 22.8. The Balaban J connectivity index is 1.33. The normalized spacial score (nSPS) is 16.5. The molecule has 1 aromatic heterocycles. The summed E-state index contributed by atoms with van der Waals surface area (Å²) in [5.41, 5.74) is 5.25. The van der Waals surface area contributed by atoms with E-state index in [1.54, 1.807) is 12.1 Å². The number of carbonyl (C=O) groups excluding carboxylic acids is 1. The molecule has 1 N–H and O–H groups in total. The van der Waals surface area contributed by atoms with Gasteiger partial charge in [-0.05, 0) is 80.8 Å². The molecule has 2 aliphatic rings. The minimum Gasteiger partial charge on any atom is -0.369 e. The molecule has 1 aliphatic heterocycles. The fourth-order valence-electron chi connectivity index (χ4n) is 4.85. The number of carbonyl (C=O) groups is 1. The molecule has 7 heteroatoms. The van der Waals surface area contributed by atoms with Crippen molar-refractivity contribution in [1.82, 2.24) is 14.7 Å². The number of nitrogens with one attached hydrogen (secondary N) is 1. The fraction of sp³-hybridized carbons (Fsp3) is 0.385. The lowest BCUT2D eigenvalue weighted by molar-refractivity contribution is 0.102. The van der Waals surface area contributed by atoms with Crippen molar-refractivity contribution in [3.63, 3.8) is 0 Å². The highest BCUT2D eigenvalue weighted by atomic mass is 19.1. The Morgan fingerprint density at radius 1 is 0.939 bits per heavy atom. The molecule has 2 heterocycles.